The fourth-order valence-electron chi connectivity index (χ4n) is 1.62. The zero-order valence-electron chi connectivity index (χ0n) is 8.49. The van der Waals surface area contributed by atoms with Gasteiger partial charge in [-0.2, -0.15) is 0 Å². The number of nitrogens with zero attached hydrogens (tertiary/aromatic N) is 1. The van der Waals surface area contributed by atoms with E-state index < -0.39 is 12.0 Å². The molecule has 1 rings (SSSR count). The van der Waals surface area contributed by atoms with Crippen molar-refractivity contribution in [2.75, 3.05) is 6.54 Å². The second-order valence-corrected chi connectivity index (χ2v) is 3.75. The topological polar surface area (TPSA) is 57.6 Å². The van der Waals surface area contributed by atoms with Gasteiger partial charge in [0, 0.05) is 12.6 Å². The number of likely N-dealkylation sites (tertiary alicyclic amines) is 1. The van der Waals surface area contributed by atoms with E-state index in [0.717, 1.165) is 12.0 Å². The SMILES string of the molecule is CC(C)=CC(=O)N1CCC[C@H]1C(=O)O. The number of hydrogen-bond acceptors (Lipinski definition) is 2. The van der Waals surface area contributed by atoms with Crippen LogP contribution in [0.15, 0.2) is 11.6 Å². The minimum Gasteiger partial charge on any atom is -0.480 e. The smallest absolute Gasteiger partial charge is 0.326 e. The Hall–Kier alpha value is -1.32. The van der Waals surface area contributed by atoms with Gasteiger partial charge in [-0.1, -0.05) is 5.57 Å². The van der Waals surface area contributed by atoms with Crippen LogP contribution in [0.4, 0.5) is 0 Å². The van der Waals surface area contributed by atoms with Crippen molar-refractivity contribution in [3.8, 4) is 0 Å². The third-order valence-corrected chi connectivity index (χ3v) is 2.23. The molecule has 4 heteroatoms. The van der Waals surface area contributed by atoms with Crippen LogP contribution in [0.5, 0.6) is 0 Å². The summed E-state index contributed by atoms with van der Waals surface area (Å²) in [6.45, 7) is 4.20. The molecule has 1 saturated heterocycles. The zero-order valence-corrected chi connectivity index (χ0v) is 8.49. The van der Waals surface area contributed by atoms with Gasteiger partial charge in [-0.3, -0.25) is 4.79 Å². The first-order valence-electron chi connectivity index (χ1n) is 4.70. The van der Waals surface area contributed by atoms with Crippen molar-refractivity contribution in [3.63, 3.8) is 0 Å². The fraction of sp³-hybridized carbons (Fsp3) is 0.600. The number of amides is 1. The summed E-state index contributed by atoms with van der Waals surface area (Å²) in [5.41, 5.74) is 0.894. The van der Waals surface area contributed by atoms with Crippen LogP contribution in [0.3, 0.4) is 0 Å². The largest absolute Gasteiger partial charge is 0.480 e. The minimum absolute atomic E-state index is 0.185. The van der Waals surface area contributed by atoms with Crippen LogP contribution in [0.1, 0.15) is 26.7 Å². The first-order chi connectivity index (χ1) is 6.52. The minimum atomic E-state index is -0.905. The monoisotopic (exact) mass is 197 g/mol. The van der Waals surface area contributed by atoms with E-state index in [1.54, 1.807) is 0 Å². The molecule has 0 unspecified atom stereocenters. The van der Waals surface area contributed by atoms with Gasteiger partial charge in [0.1, 0.15) is 6.04 Å². The molecular formula is C10H15NO3. The molecule has 0 aliphatic carbocycles. The molecule has 0 radical (unpaired) electrons. The molecule has 0 bridgehead atoms. The van der Waals surface area contributed by atoms with Crippen molar-refractivity contribution in [3.05, 3.63) is 11.6 Å². The lowest BCUT2D eigenvalue weighted by Gasteiger charge is -2.19. The number of carbonyl (C=O) groups excluding carboxylic acids is 1. The third kappa shape index (κ3) is 2.34. The van der Waals surface area contributed by atoms with Crippen molar-refractivity contribution < 1.29 is 14.7 Å². The molecule has 14 heavy (non-hydrogen) atoms. The highest BCUT2D eigenvalue weighted by Crippen LogP contribution is 2.18. The maximum Gasteiger partial charge on any atom is 0.326 e. The van der Waals surface area contributed by atoms with Gasteiger partial charge in [0.05, 0.1) is 0 Å². The van der Waals surface area contributed by atoms with Crippen molar-refractivity contribution in [1.82, 2.24) is 4.90 Å². The number of aliphatic carboxylic acids is 1. The van der Waals surface area contributed by atoms with Crippen LogP contribution in [0, 0.1) is 0 Å². The molecule has 1 aliphatic heterocycles. The molecule has 1 atom stereocenters. The van der Waals surface area contributed by atoms with Crippen LogP contribution >= 0.6 is 0 Å². The summed E-state index contributed by atoms with van der Waals surface area (Å²) in [7, 11) is 0. The molecule has 0 aromatic rings. The highest BCUT2D eigenvalue weighted by atomic mass is 16.4. The van der Waals surface area contributed by atoms with E-state index >= 15 is 0 Å². The maximum absolute atomic E-state index is 11.6. The van der Waals surface area contributed by atoms with Crippen LogP contribution in [-0.2, 0) is 9.59 Å². The second-order valence-electron chi connectivity index (χ2n) is 3.75. The number of carboxylic acids is 1. The van der Waals surface area contributed by atoms with E-state index in [1.165, 1.54) is 11.0 Å². The van der Waals surface area contributed by atoms with Crippen molar-refractivity contribution >= 4 is 11.9 Å². The van der Waals surface area contributed by atoms with Gasteiger partial charge in [0.15, 0.2) is 0 Å². The Morgan fingerprint density at radius 3 is 2.57 bits per heavy atom. The van der Waals surface area contributed by atoms with Crippen molar-refractivity contribution in [2.45, 2.75) is 32.7 Å². The molecule has 78 valence electrons. The predicted octanol–water partition coefficient (Wildman–Crippen LogP) is 1.03. The van der Waals surface area contributed by atoms with Crippen LogP contribution < -0.4 is 0 Å². The normalized spacial score (nSPS) is 20.7. The highest BCUT2D eigenvalue weighted by molar-refractivity contribution is 5.92. The van der Waals surface area contributed by atoms with E-state index in [0.29, 0.717) is 13.0 Å². The molecule has 4 nitrogen and oxygen atoms in total. The van der Waals surface area contributed by atoms with Gasteiger partial charge < -0.3 is 10.0 Å². The third-order valence-electron chi connectivity index (χ3n) is 2.23. The number of carbonyl (C=O) groups is 2. The van der Waals surface area contributed by atoms with E-state index in [4.69, 9.17) is 5.11 Å². The average molecular weight is 197 g/mol. The standard InChI is InChI=1S/C10H15NO3/c1-7(2)6-9(12)11-5-3-4-8(11)10(13)14/h6,8H,3-5H2,1-2H3,(H,13,14)/t8-/m0/s1. The molecule has 1 amide bonds. The summed E-state index contributed by atoms with van der Waals surface area (Å²) in [6.07, 6.45) is 2.83. The van der Waals surface area contributed by atoms with Crippen LogP contribution in [0.25, 0.3) is 0 Å². The maximum atomic E-state index is 11.6. The zero-order chi connectivity index (χ0) is 10.7. The molecule has 1 fully saturated rings. The lowest BCUT2D eigenvalue weighted by molar-refractivity contribution is -0.146. The lowest BCUT2D eigenvalue weighted by Crippen LogP contribution is -2.39. The van der Waals surface area contributed by atoms with Crippen molar-refractivity contribution in [2.24, 2.45) is 0 Å². The van der Waals surface area contributed by atoms with Gasteiger partial charge in [-0.25, -0.2) is 4.79 Å². The Balaban J connectivity index is 2.72. The summed E-state index contributed by atoms with van der Waals surface area (Å²) in [6, 6.07) is -0.627. The molecule has 1 N–H and O–H groups in total. The Morgan fingerprint density at radius 2 is 2.07 bits per heavy atom. The second kappa shape index (κ2) is 4.26. The molecule has 1 aliphatic rings. The van der Waals surface area contributed by atoms with E-state index in [1.807, 2.05) is 13.8 Å². The first kappa shape index (κ1) is 10.8. The van der Waals surface area contributed by atoms with Gasteiger partial charge in [-0.05, 0) is 26.7 Å². The van der Waals surface area contributed by atoms with Gasteiger partial charge in [0.25, 0.3) is 0 Å². The summed E-state index contributed by atoms with van der Waals surface area (Å²) >= 11 is 0. The van der Waals surface area contributed by atoms with E-state index in [9.17, 15) is 9.59 Å². The van der Waals surface area contributed by atoms with Gasteiger partial charge >= 0.3 is 5.97 Å². The molecular weight excluding hydrogens is 182 g/mol. The predicted molar refractivity (Wildman–Crippen MR) is 51.8 cm³/mol. The quantitative estimate of drug-likeness (QED) is 0.672. The van der Waals surface area contributed by atoms with E-state index in [2.05, 4.69) is 0 Å². The Labute approximate surface area is 83.2 Å². The summed E-state index contributed by atoms with van der Waals surface area (Å²) in [5.74, 6) is -1.09. The fourth-order valence-corrected chi connectivity index (χ4v) is 1.62. The molecule has 0 aromatic heterocycles. The van der Waals surface area contributed by atoms with Crippen LogP contribution in [0.2, 0.25) is 0 Å². The molecule has 0 aromatic carbocycles. The Kier molecular flexibility index (Phi) is 3.28. The average Bonchev–Trinajstić information content (AvgIpc) is 2.49. The lowest BCUT2D eigenvalue weighted by atomic mass is 10.2. The summed E-state index contributed by atoms with van der Waals surface area (Å²) in [4.78, 5) is 23.8. The molecule has 1 heterocycles. The Morgan fingerprint density at radius 1 is 1.43 bits per heavy atom. The van der Waals surface area contributed by atoms with Gasteiger partial charge in [0.2, 0.25) is 5.91 Å². The first-order valence-corrected chi connectivity index (χ1v) is 4.70. The highest BCUT2D eigenvalue weighted by Gasteiger charge is 2.32. The summed E-state index contributed by atoms with van der Waals surface area (Å²) in [5, 5.41) is 8.85. The molecule has 0 saturated carbocycles. The van der Waals surface area contributed by atoms with Crippen LogP contribution in [-0.4, -0.2) is 34.5 Å². The van der Waals surface area contributed by atoms with Gasteiger partial charge in [-0.15, -0.1) is 0 Å². The number of rotatable bonds is 2. The molecule has 0 spiro atoms. The number of carboxylic acid groups (broad SMARTS) is 1. The Bertz CT molecular complexity index is 279. The number of hydrogen-bond donors (Lipinski definition) is 1. The van der Waals surface area contributed by atoms with Crippen molar-refractivity contribution in [1.29, 1.82) is 0 Å². The van der Waals surface area contributed by atoms with E-state index in [-0.39, 0.29) is 5.91 Å². The number of allylic oxidation sites excluding steroid dienone is 1. The summed E-state index contributed by atoms with van der Waals surface area (Å²) < 4.78 is 0.